The van der Waals surface area contributed by atoms with Crippen molar-refractivity contribution in [3.8, 4) is 5.75 Å². The first-order valence-electron chi connectivity index (χ1n) is 6.26. The van der Waals surface area contributed by atoms with Crippen LogP contribution in [0.1, 0.15) is 0 Å². The van der Waals surface area contributed by atoms with Gasteiger partial charge in [-0.25, -0.2) is 0 Å². The Hall–Kier alpha value is -0.830. The van der Waals surface area contributed by atoms with Crippen molar-refractivity contribution in [3.05, 3.63) is 27.8 Å². The average Bonchev–Trinajstić information content (AvgIpc) is 2.87. The standard InChI is InChI=1S/C13H13BrClNO5/c14-5-1-2-6-9(10(5)15)8(3-16-6)21-13-12(19)11(18)7(17)4-20-13/h1-3,7,11-13,16-19H,4H2/t7-,11-,12+,13-/m0/s1. The van der Waals surface area contributed by atoms with E-state index in [-0.39, 0.29) is 6.61 Å². The minimum Gasteiger partial charge on any atom is -0.460 e. The number of aliphatic hydroxyl groups excluding tert-OH is 3. The molecule has 0 unspecified atom stereocenters. The van der Waals surface area contributed by atoms with Gasteiger partial charge >= 0.3 is 0 Å². The zero-order valence-corrected chi connectivity index (χ0v) is 13.0. The molecule has 4 atom stereocenters. The Bertz CT molecular complexity index is 663. The summed E-state index contributed by atoms with van der Waals surface area (Å²) in [5, 5.41) is 30.1. The van der Waals surface area contributed by atoms with E-state index in [4.69, 9.17) is 21.1 Å². The summed E-state index contributed by atoms with van der Waals surface area (Å²) in [6, 6.07) is 3.63. The fourth-order valence-corrected chi connectivity index (χ4v) is 2.82. The van der Waals surface area contributed by atoms with E-state index < -0.39 is 24.6 Å². The number of H-pyrrole nitrogens is 1. The molecular weight excluding hydrogens is 366 g/mol. The second kappa shape index (κ2) is 5.75. The third kappa shape index (κ3) is 2.65. The Kier molecular flexibility index (Phi) is 4.13. The van der Waals surface area contributed by atoms with Crippen LogP contribution in [0, 0.1) is 0 Å². The van der Waals surface area contributed by atoms with Crippen LogP contribution in [0.5, 0.6) is 5.75 Å². The van der Waals surface area contributed by atoms with Gasteiger partial charge in [0.2, 0.25) is 6.29 Å². The molecule has 1 aliphatic heterocycles. The summed E-state index contributed by atoms with van der Waals surface area (Å²) in [6.45, 7) is -0.122. The molecule has 1 fully saturated rings. The predicted molar refractivity (Wildman–Crippen MR) is 79.4 cm³/mol. The highest BCUT2D eigenvalue weighted by Gasteiger charge is 2.39. The SMILES string of the molecule is O[C@@H]1[C@@H](O)[C@H](Oc2c[nH]c3ccc(Br)c(Cl)c23)OC[C@@H]1O. The number of ether oxygens (including phenoxy) is 2. The molecule has 1 saturated heterocycles. The Labute approximate surface area is 133 Å². The zero-order valence-electron chi connectivity index (χ0n) is 10.7. The largest absolute Gasteiger partial charge is 0.460 e. The lowest BCUT2D eigenvalue weighted by molar-refractivity contribution is -0.241. The summed E-state index contributed by atoms with van der Waals surface area (Å²) in [7, 11) is 0. The van der Waals surface area contributed by atoms with E-state index in [1.54, 1.807) is 12.3 Å². The van der Waals surface area contributed by atoms with E-state index >= 15 is 0 Å². The second-order valence-corrected chi connectivity index (χ2v) is 6.04. The first kappa shape index (κ1) is 15.1. The van der Waals surface area contributed by atoms with Crippen LogP contribution in [-0.4, -0.2) is 51.5 Å². The molecule has 0 spiro atoms. The quantitative estimate of drug-likeness (QED) is 0.634. The lowest BCUT2D eigenvalue weighted by atomic mass is 10.1. The van der Waals surface area contributed by atoms with Gasteiger partial charge in [0.25, 0.3) is 0 Å². The van der Waals surface area contributed by atoms with Gasteiger partial charge < -0.3 is 29.8 Å². The molecule has 0 aliphatic carbocycles. The Balaban J connectivity index is 1.90. The lowest BCUT2D eigenvalue weighted by Crippen LogP contribution is -2.54. The van der Waals surface area contributed by atoms with E-state index in [0.29, 0.717) is 20.6 Å². The number of halogens is 2. The Morgan fingerprint density at radius 2 is 2.05 bits per heavy atom. The lowest BCUT2D eigenvalue weighted by Gasteiger charge is -2.34. The maximum absolute atomic E-state index is 9.89. The molecule has 114 valence electrons. The van der Waals surface area contributed by atoms with Crippen molar-refractivity contribution in [1.82, 2.24) is 4.98 Å². The summed E-state index contributed by atoms with van der Waals surface area (Å²) in [4.78, 5) is 3.00. The van der Waals surface area contributed by atoms with Gasteiger partial charge in [-0.1, -0.05) is 11.6 Å². The fourth-order valence-electron chi connectivity index (χ4n) is 2.23. The molecule has 1 aromatic heterocycles. The number of aromatic amines is 1. The van der Waals surface area contributed by atoms with Crippen molar-refractivity contribution in [1.29, 1.82) is 0 Å². The van der Waals surface area contributed by atoms with Crippen LogP contribution in [-0.2, 0) is 4.74 Å². The molecule has 8 heteroatoms. The van der Waals surface area contributed by atoms with E-state index in [0.717, 1.165) is 5.52 Å². The van der Waals surface area contributed by atoms with E-state index in [1.165, 1.54) is 0 Å². The van der Waals surface area contributed by atoms with Gasteiger partial charge in [-0.3, -0.25) is 0 Å². The second-order valence-electron chi connectivity index (χ2n) is 4.80. The molecule has 4 N–H and O–H groups in total. The number of aromatic nitrogens is 1. The van der Waals surface area contributed by atoms with E-state index in [1.807, 2.05) is 6.07 Å². The molecule has 0 radical (unpaired) electrons. The van der Waals surface area contributed by atoms with Crippen molar-refractivity contribution >= 4 is 38.4 Å². The molecule has 2 aromatic rings. The Morgan fingerprint density at radius 3 is 2.81 bits per heavy atom. The van der Waals surface area contributed by atoms with Gasteiger partial charge in [-0.15, -0.1) is 0 Å². The minimum atomic E-state index is -1.36. The third-order valence-corrected chi connectivity index (χ3v) is 4.68. The van der Waals surface area contributed by atoms with Gasteiger partial charge in [0.15, 0.2) is 0 Å². The fraction of sp³-hybridized carbons (Fsp3) is 0.385. The van der Waals surface area contributed by atoms with Crippen LogP contribution < -0.4 is 4.74 Å². The van der Waals surface area contributed by atoms with Crippen molar-refractivity contribution in [2.75, 3.05) is 6.61 Å². The summed E-state index contributed by atoms with van der Waals surface area (Å²) >= 11 is 9.57. The highest BCUT2D eigenvalue weighted by Crippen LogP contribution is 2.37. The van der Waals surface area contributed by atoms with E-state index in [9.17, 15) is 15.3 Å². The molecule has 0 saturated carbocycles. The smallest absolute Gasteiger partial charge is 0.229 e. The molecule has 1 aromatic carbocycles. The van der Waals surface area contributed by atoms with Crippen LogP contribution in [0.4, 0.5) is 0 Å². The van der Waals surface area contributed by atoms with Gasteiger partial charge in [0, 0.05) is 10.7 Å². The number of hydrogen-bond donors (Lipinski definition) is 4. The van der Waals surface area contributed by atoms with Crippen LogP contribution in [0.15, 0.2) is 22.8 Å². The van der Waals surface area contributed by atoms with Crippen LogP contribution >= 0.6 is 27.5 Å². The average molecular weight is 379 g/mol. The molecule has 2 heterocycles. The molecule has 1 aliphatic rings. The number of hydrogen-bond acceptors (Lipinski definition) is 5. The molecule has 6 nitrogen and oxygen atoms in total. The molecular formula is C13H13BrClNO5. The predicted octanol–water partition coefficient (Wildman–Crippen LogP) is 1.40. The summed E-state index contributed by atoms with van der Waals surface area (Å²) in [5.41, 5.74) is 0.768. The number of nitrogens with one attached hydrogen (secondary N) is 1. The van der Waals surface area contributed by atoms with Crippen LogP contribution in [0.25, 0.3) is 10.9 Å². The molecule has 21 heavy (non-hydrogen) atoms. The van der Waals surface area contributed by atoms with Crippen molar-refractivity contribution < 1.29 is 24.8 Å². The number of rotatable bonds is 2. The molecule has 3 rings (SSSR count). The molecule has 0 bridgehead atoms. The van der Waals surface area contributed by atoms with Crippen LogP contribution in [0.3, 0.4) is 0 Å². The zero-order chi connectivity index (χ0) is 15.1. The number of aliphatic hydroxyl groups is 3. The van der Waals surface area contributed by atoms with E-state index in [2.05, 4.69) is 20.9 Å². The van der Waals surface area contributed by atoms with Crippen LogP contribution in [0.2, 0.25) is 5.02 Å². The van der Waals surface area contributed by atoms with Gasteiger partial charge in [-0.05, 0) is 28.1 Å². The first-order valence-corrected chi connectivity index (χ1v) is 7.43. The highest BCUT2D eigenvalue weighted by molar-refractivity contribution is 9.10. The summed E-state index contributed by atoms with van der Waals surface area (Å²) < 4.78 is 11.5. The van der Waals surface area contributed by atoms with Crippen molar-refractivity contribution in [2.45, 2.75) is 24.6 Å². The maximum atomic E-state index is 9.89. The normalized spacial score (nSPS) is 29.8. The third-order valence-electron chi connectivity index (χ3n) is 3.40. The topological polar surface area (TPSA) is 94.9 Å². The van der Waals surface area contributed by atoms with Crippen molar-refractivity contribution in [2.24, 2.45) is 0 Å². The maximum Gasteiger partial charge on any atom is 0.229 e. The summed E-state index contributed by atoms with van der Waals surface area (Å²) in [6.07, 6.45) is -3.31. The van der Waals surface area contributed by atoms with Gasteiger partial charge in [0.05, 0.1) is 22.5 Å². The summed E-state index contributed by atoms with van der Waals surface area (Å²) in [5.74, 6) is 0.393. The Morgan fingerprint density at radius 1 is 1.29 bits per heavy atom. The first-order chi connectivity index (χ1) is 9.99. The van der Waals surface area contributed by atoms with Gasteiger partial charge in [0.1, 0.15) is 24.1 Å². The molecule has 0 amide bonds. The highest BCUT2D eigenvalue weighted by atomic mass is 79.9. The number of benzene rings is 1. The van der Waals surface area contributed by atoms with Gasteiger partial charge in [-0.2, -0.15) is 0 Å². The van der Waals surface area contributed by atoms with Crippen molar-refractivity contribution in [3.63, 3.8) is 0 Å². The number of fused-ring (bicyclic) bond motifs is 1. The minimum absolute atomic E-state index is 0.122. The monoisotopic (exact) mass is 377 g/mol.